The fourth-order valence-electron chi connectivity index (χ4n) is 1.56. The molecule has 0 aliphatic rings. The van der Waals surface area contributed by atoms with Crippen LogP contribution < -0.4 is 5.32 Å². The zero-order valence-corrected chi connectivity index (χ0v) is 11.5. The normalized spacial score (nSPS) is 12.6. The predicted molar refractivity (Wildman–Crippen MR) is 70.6 cm³/mol. The minimum Gasteiger partial charge on any atom is -0.444 e. The second kappa shape index (κ2) is 5.47. The molecule has 17 heavy (non-hydrogen) atoms. The molecule has 0 bridgehead atoms. The maximum Gasteiger partial charge on any atom is 0.211 e. The Morgan fingerprint density at radius 2 is 2.18 bits per heavy atom. The van der Waals surface area contributed by atoms with E-state index in [0.717, 1.165) is 22.7 Å². The van der Waals surface area contributed by atoms with E-state index in [1.807, 2.05) is 32.0 Å². The number of nitrogens with zero attached hydrogens (tertiary/aromatic N) is 1. The first-order valence-corrected chi connectivity index (χ1v) is 6.35. The quantitative estimate of drug-likeness (QED) is 0.936. The van der Waals surface area contributed by atoms with Gasteiger partial charge in [0.25, 0.3) is 0 Å². The van der Waals surface area contributed by atoms with E-state index in [1.54, 1.807) is 6.20 Å². The molecule has 0 saturated carbocycles. The van der Waals surface area contributed by atoms with Crippen LogP contribution in [-0.2, 0) is 6.54 Å². The lowest BCUT2D eigenvalue weighted by molar-refractivity contribution is 0.402. The van der Waals surface area contributed by atoms with E-state index >= 15 is 0 Å². The Kier molecular flexibility index (Phi) is 3.97. The Labute approximate surface area is 109 Å². The van der Waals surface area contributed by atoms with Crippen molar-refractivity contribution in [3.63, 3.8) is 0 Å². The van der Waals surface area contributed by atoms with Gasteiger partial charge in [0, 0.05) is 11.0 Å². The summed E-state index contributed by atoms with van der Waals surface area (Å²) in [5.41, 5.74) is 1.22. The summed E-state index contributed by atoms with van der Waals surface area (Å²) in [6, 6.07) is 8.27. The van der Waals surface area contributed by atoms with Crippen molar-refractivity contribution >= 4 is 15.9 Å². The molecular formula is C13H15BrN2O. The van der Waals surface area contributed by atoms with Crippen LogP contribution in [0.25, 0.3) is 0 Å². The van der Waals surface area contributed by atoms with E-state index in [9.17, 15) is 0 Å². The largest absolute Gasteiger partial charge is 0.444 e. The molecule has 90 valence electrons. The molecule has 0 fully saturated rings. The summed E-state index contributed by atoms with van der Waals surface area (Å²) in [5.74, 6) is 1.57. The van der Waals surface area contributed by atoms with E-state index in [4.69, 9.17) is 4.42 Å². The zero-order chi connectivity index (χ0) is 12.3. The SMILES string of the molecule is Cc1cnc(C(C)NCc2ccccc2Br)o1. The van der Waals surface area contributed by atoms with Gasteiger partial charge in [0.2, 0.25) is 5.89 Å². The smallest absolute Gasteiger partial charge is 0.211 e. The van der Waals surface area contributed by atoms with Crippen molar-refractivity contribution in [2.75, 3.05) is 0 Å². The van der Waals surface area contributed by atoms with Crippen LogP contribution >= 0.6 is 15.9 Å². The van der Waals surface area contributed by atoms with Crippen molar-refractivity contribution in [2.24, 2.45) is 0 Å². The van der Waals surface area contributed by atoms with Crippen LogP contribution in [0.2, 0.25) is 0 Å². The van der Waals surface area contributed by atoms with Gasteiger partial charge in [0.15, 0.2) is 0 Å². The highest BCUT2D eigenvalue weighted by Gasteiger charge is 2.10. The topological polar surface area (TPSA) is 38.1 Å². The van der Waals surface area contributed by atoms with Crippen molar-refractivity contribution in [2.45, 2.75) is 26.4 Å². The Balaban J connectivity index is 1.97. The highest BCUT2D eigenvalue weighted by Crippen LogP contribution is 2.17. The molecule has 2 aromatic rings. The molecule has 1 atom stereocenters. The maximum absolute atomic E-state index is 5.48. The molecule has 0 amide bonds. The van der Waals surface area contributed by atoms with Gasteiger partial charge in [0.05, 0.1) is 12.2 Å². The predicted octanol–water partition coefficient (Wildman–Crippen LogP) is 3.60. The van der Waals surface area contributed by atoms with Crippen LogP contribution in [0, 0.1) is 6.92 Å². The van der Waals surface area contributed by atoms with Crippen molar-refractivity contribution in [1.82, 2.24) is 10.3 Å². The molecule has 1 aromatic heterocycles. The van der Waals surface area contributed by atoms with Gasteiger partial charge in [-0.25, -0.2) is 4.98 Å². The summed E-state index contributed by atoms with van der Waals surface area (Å²) in [4.78, 5) is 4.21. The highest BCUT2D eigenvalue weighted by molar-refractivity contribution is 9.10. The molecule has 0 aliphatic carbocycles. The molecule has 0 radical (unpaired) electrons. The lowest BCUT2D eigenvalue weighted by atomic mass is 10.2. The summed E-state index contributed by atoms with van der Waals surface area (Å²) < 4.78 is 6.59. The van der Waals surface area contributed by atoms with Gasteiger partial charge in [-0.1, -0.05) is 34.1 Å². The van der Waals surface area contributed by atoms with Crippen LogP contribution in [0.5, 0.6) is 0 Å². The zero-order valence-electron chi connectivity index (χ0n) is 9.90. The number of halogens is 1. The second-order valence-electron chi connectivity index (χ2n) is 4.00. The van der Waals surface area contributed by atoms with Gasteiger partial charge in [-0.15, -0.1) is 0 Å². The second-order valence-corrected chi connectivity index (χ2v) is 4.86. The van der Waals surface area contributed by atoms with Crippen molar-refractivity contribution in [3.8, 4) is 0 Å². The molecule has 0 saturated heterocycles. The monoisotopic (exact) mass is 294 g/mol. The molecule has 0 aliphatic heterocycles. The van der Waals surface area contributed by atoms with Crippen molar-refractivity contribution in [1.29, 1.82) is 0 Å². The molecule has 4 heteroatoms. The number of hydrogen-bond donors (Lipinski definition) is 1. The lowest BCUT2D eigenvalue weighted by Crippen LogP contribution is -2.18. The Morgan fingerprint density at radius 3 is 2.82 bits per heavy atom. The fourth-order valence-corrected chi connectivity index (χ4v) is 1.99. The highest BCUT2D eigenvalue weighted by atomic mass is 79.9. The molecule has 1 unspecified atom stereocenters. The van der Waals surface area contributed by atoms with Gasteiger partial charge < -0.3 is 9.73 Å². The third kappa shape index (κ3) is 3.17. The summed E-state index contributed by atoms with van der Waals surface area (Å²) in [6.07, 6.45) is 1.74. The number of oxazole rings is 1. The first kappa shape index (κ1) is 12.3. The number of aromatic nitrogens is 1. The molecule has 0 spiro atoms. The summed E-state index contributed by atoms with van der Waals surface area (Å²) in [6.45, 7) is 4.73. The van der Waals surface area contributed by atoms with Crippen LogP contribution in [0.15, 0.2) is 39.4 Å². The minimum absolute atomic E-state index is 0.107. The summed E-state index contributed by atoms with van der Waals surface area (Å²) in [5, 5.41) is 3.38. The van der Waals surface area contributed by atoms with Gasteiger partial charge in [-0.05, 0) is 25.5 Å². The third-order valence-electron chi connectivity index (χ3n) is 2.57. The number of benzene rings is 1. The van der Waals surface area contributed by atoms with Crippen molar-refractivity contribution < 1.29 is 4.42 Å². The standard InChI is InChI=1S/C13H15BrN2O/c1-9-7-16-13(17-9)10(2)15-8-11-5-3-4-6-12(11)14/h3-7,10,15H,8H2,1-2H3. The number of nitrogens with one attached hydrogen (secondary N) is 1. The van der Waals surface area contributed by atoms with Gasteiger partial charge in [-0.3, -0.25) is 0 Å². The average Bonchev–Trinajstić information content (AvgIpc) is 2.74. The molecule has 1 heterocycles. The van der Waals surface area contributed by atoms with E-state index in [2.05, 4.69) is 32.3 Å². The molecule has 3 nitrogen and oxygen atoms in total. The fraction of sp³-hybridized carbons (Fsp3) is 0.308. The number of aryl methyl sites for hydroxylation is 1. The average molecular weight is 295 g/mol. The lowest BCUT2D eigenvalue weighted by Gasteiger charge is -2.11. The Hall–Kier alpha value is -1.13. The number of hydrogen-bond acceptors (Lipinski definition) is 3. The van der Waals surface area contributed by atoms with Gasteiger partial charge in [-0.2, -0.15) is 0 Å². The Bertz CT molecular complexity index is 496. The van der Waals surface area contributed by atoms with Crippen LogP contribution in [0.4, 0.5) is 0 Å². The van der Waals surface area contributed by atoms with E-state index < -0.39 is 0 Å². The van der Waals surface area contributed by atoms with Crippen LogP contribution in [-0.4, -0.2) is 4.98 Å². The molecule has 1 aromatic carbocycles. The van der Waals surface area contributed by atoms with Crippen molar-refractivity contribution in [3.05, 3.63) is 52.1 Å². The summed E-state index contributed by atoms with van der Waals surface area (Å²) >= 11 is 3.53. The molecule has 2 rings (SSSR count). The van der Waals surface area contributed by atoms with Gasteiger partial charge in [0.1, 0.15) is 5.76 Å². The Morgan fingerprint density at radius 1 is 1.41 bits per heavy atom. The number of rotatable bonds is 4. The first-order chi connectivity index (χ1) is 8.16. The van der Waals surface area contributed by atoms with Crippen LogP contribution in [0.1, 0.15) is 30.2 Å². The van der Waals surface area contributed by atoms with E-state index in [1.165, 1.54) is 5.56 Å². The first-order valence-electron chi connectivity index (χ1n) is 5.56. The van der Waals surface area contributed by atoms with E-state index in [-0.39, 0.29) is 6.04 Å². The maximum atomic E-state index is 5.48. The third-order valence-corrected chi connectivity index (χ3v) is 3.34. The van der Waals surface area contributed by atoms with E-state index in [0.29, 0.717) is 0 Å². The van der Waals surface area contributed by atoms with Gasteiger partial charge >= 0.3 is 0 Å². The minimum atomic E-state index is 0.107. The summed E-state index contributed by atoms with van der Waals surface area (Å²) in [7, 11) is 0. The molecular weight excluding hydrogens is 280 g/mol. The molecule has 1 N–H and O–H groups in total. The van der Waals surface area contributed by atoms with Crippen LogP contribution in [0.3, 0.4) is 0 Å².